The number of ether oxygens (including phenoxy) is 2. The molecule has 0 aliphatic rings. The molecule has 0 saturated carbocycles. The number of amides is 1. The monoisotopic (exact) mass is 279 g/mol. The first-order valence-corrected chi connectivity index (χ1v) is 7.09. The molecule has 0 fully saturated rings. The largest absolute Gasteiger partial charge is 0.491 e. The summed E-state index contributed by atoms with van der Waals surface area (Å²) in [5, 5.41) is 2.97. The second-order valence-electron chi connectivity index (χ2n) is 5.12. The Morgan fingerprint density at radius 2 is 2.10 bits per heavy atom. The predicted octanol–water partition coefficient (Wildman–Crippen LogP) is 2.56. The van der Waals surface area contributed by atoms with Gasteiger partial charge < -0.3 is 14.8 Å². The molecule has 1 rings (SSSR count). The van der Waals surface area contributed by atoms with Crippen molar-refractivity contribution in [2.75, 3.05) is 13.7 Å². The van der Waals surface area contributed by atoms with Crippen LogP contribution in [0, 0.1) is 0 Å². The highest BCUT2D eigenvalue weighted by atomic mass is 16.5. The smallest absolute Gasteiger partial charge is 0.224 e. The van der Waals surface area contributed by atoms with Crippen molar-refractivity contribution in [3.8, 4) is 5.75 Å². The molecule has 0 aliphatic carbocycles. The van der Waals surface area contributed by atoms with Gasteiger partial charge in [-0.1, -0.05) is 19.1 Å². The van der Waals surface area contributed by atoms with E-state index >= 15 is 0 Å². The first-order valence-electron chi connectivity index (χ1n) is 7.09. The van der Waals surface area contributed by atoms with Gasteiger partial charge in [0.05, 0.1) is 25.2 Å². The summed E-state index contributed by atoms with van der Waals surface area (Å²) in [4.78, 5) is 12.0. The Morgan fingerprint density at radius 1 is 1.35 bits per heavy atom. The molecule has 0 radical (unpaired) electrons. The summed E-state index contributed by atoms with van der Waals surface area (Å²) in [6.45, 7) is 6.53. The van der Waals surface area contributed by atoms with E-state index in [0.29, 0.717) is 13.0 Å². The van der Waals surface area contributed by atoms with Crippen molar-refractivity contribution >= 4 is 5.91 Å². The maximum atomic E-state index is 12.0. The number of nitrogens with one attached hydrogen (secondary N) is 1. The second kappa shape index (κ2) is 8.59. The summed E-state index contributed by atoms with van der Waals surface area (Å²) in [7, 11) is 1.64. The maximum absolute atomic E-state index is 12.0. The number of hydrogen-bond donors (Lipinski definition) is 1. The zero-order valence-corrected chi connectivity index (χ0v) is 12.8. The molecule has 0 aliphatic heterocycles. The highest BCUT2D eigenvalue weighted by molar-refractivity contribution is 5.79. The molecule has 0 spiro atoms. The number of hydrogen-bond acceptors (Lipinski definition) is 3. The summed E-state index contributed by atoms with van der Waals surface area (Å²) in [5.41, 5.74) is 0.952. The standard InChI is InChI=1S/C16H25NO3/c1-5-14(11-19-4)17-16(18)10-13-7-6-8-15(9-13)20-12(2)3/h6-9,12,14H,5,10-11H2,1-4H3,(H,17,18). The van der Waals surface area contributed by atoms with Crippen molar-refractivity contribution < 1.29 is 14.3 Å². The maximum Gasteiger partial charge on any atom is 0.224 e. The van der Waals surface area contributed by atoms with E-state index in [-0.39, 0.29) is 18.1 Å². The molecule has 0 saturated heterocycles. The summed E-state index contributed by atoms with van der Waals surface area (Å²) in [6, 6.07) is 7.73. The Bertz CT molecular complexity index is 418. The third-order valence-electron chi connectivity index (χ3n) is 2.86. The fraction of sp³-hybridized carbons (Fsp3) is 0.562. The van der Waals surface area contributed by atoms with Crippen LogP contribution in [-0.4, -0.2) is 31.8 Å². The summed E-state index contributed by atoms with van der Waals surface area (Å²) in [5.74, 6) is 0.810. The molecule has 1 unspecified atom stereocenters. The van der Waals surface area contributed by atoms with E-state index in [2.05, 4.69) is 5.32 Å². The summed E-state index contributed by atoms with van der Waals surface area (Å²) in [6.07, 6.45) is 1.34. The zero-order chi connectivity index (χ0) is 15.0. The van der Waals surface area contributed by atoms with E-state index in [1.165, 1.54) is 0 Å². The van der Waals surface area contributed by atoms with Crippen molar-refractivity contribution in [2.24, 2.45) is 0 Å². The van der Waals surface area contributed by atoms with E-state index in [1.54, 1.807) is 7.11 Å². The number of methoxy groups -OCH3 is 1. The molecule has 1 N–H and O–H groups in total. The van der Waals surface area contributed by atoms with Gasteiger partial charge in [0.2, 0.25) is 5.91 Å². The molecule has 0 aromatic heterocycles. The lowest BCUT2D eigenvalue weighted by Gasteiger charge is -2.16. The molecular weight excluding hydrogens is 254 g/mol. The first-order chi connectivity index (χ1) is 9.55. The van der Waals surface area contributed by atoms with E-state index in [0.717, 1.165) is 17.7 Å². The van der Waals surface area contributed by atoms with Crippen LogP contribution in [0.4, 0.5) is 0 Å². The van der Waals surface area contributed by atoms with E-state index < -0.39 is 0 Å². The van der Waals surface area contributed by atoms with Gasteiger partial charge in [-0.05, 0) is 38.0 Å². The van der Waals surface area contributed by atoms with Gasteiger partial charge in [0.1, 0.15) is 5.75 Å². The first kappa shape index (κ1) is 16.5. The highest BCUT2D eigenvalue weighted by Gasteiger charge is 2.11. The number of benzene rings is 1. The minimum atomic E-state index is 0.00981. The van der Waals surface area contributed by atoms with Crippen LogP contribution in [0.25, 0.3) is 0 Å². The van der Waals surface area contributed by atoms with Crippen molar-refractivity contribution in [1.29, 1.82) is 0 Å². The Labute approximate surface area is 121 Å². The Kier molecular flexibility index (Phi) is 7.09. The molecule has 1 atom stereocenters. The molecule has 1 aromatic rings. The topological polar surface area (TPSA) is 47.6 Å². The zero-order valence-electron chi connectivity index (χ0n) is 12.8. The molecule has 0 bridgehead atoms. The fourth-order valence-corrected chi connectivity index (χ4v) is 1.93. The van der Waals surface area contributed by atoms with Gasteiger partial charge in [-0.15, -0.1) is 0 Å². The van der Waals surface area contributed by atoms with E-state index in [9.17, 15) is 4.79 Å². The normalized spacial score (nSPS) is 12.2. The Hall–Kier alpha value is -1.55. The second-order valence-corrected chi connectivity index (χ2v) is 5.12. The van der Waals surface area contributed by atoms with Gasteiger partial charge in [-0.3, -0.25) is 4.79 Å². The molecule has 20 heavy (non-hydrogen) atoms. The van der Waals surface area contributed by atoms with Crippen LogP contribution >= 0.6 is 0 Å². The molecule has 4 heteroatoms. The van der Waals surface area contributed by atoms with E-state index in [1.807, 2.05) is 45.0 Å². The lowest BCUT2D eigenvalue weighted by Crippen LogP contribution is -2.38. The van der Waals surface area contributed by atoms with Crippen LogP contribution < -0.4 is 10.1 Å². The molecule has 1 aromatic carbocycles. The molecule has 0 heterocycles. The van der Waals surface area contributed by atoms with Gasteiger partial charge in [-0.2, -0.15) is 0 Å². The van der Waals surface area contributed by atoms with Gasteiger partial charge in [0, 0.05) is 7.11 Å². The number of rotatable bonds is 8. The Morgan fingerprint density at radius 3 is 2.70 bits per heavy atom. The van der Waals surface area contributed by atoms with Crippen molar-refractivity contribution in [2.45, 2.75) is 45.8 Å². The molecule has 112 valence electrons. The van der Waals surface area contributed by atoms with Crippen molar-refractivity contribution in [3.05, 3.63) is 29.8 Å². The van der Waals surface area contributed by atoms with Crippen LogP contribution in [0.3, 0.4) is 0 Å². The highest BCUT2D eigenvalue weighted by Crippen LogP contribution is 2.15. The van der Waals surface area contributed by atoms with Crippen molar-refractivity contribution in [1.82, 2.24) is 5.32 Å². The minimum absolute atomic E-state index is 0.00981. The number of carbonyl (C=O) groups excluding carboxylic acids is 1. The third kappa shape index (κ3) is 6.06. The SMILES string of the molecule is CCC(COC)NC(=O)Cc1cccc(OC(C)C)c1. The molecule has 4 nitrogen and oxygen atoms in total. The van der Waals surface area contributed by atoms with Gasteiger partial charge >= 0.3 is 0 Å². The van der Waals surface area contributed by atoms with Gasteiger partial charge in [-0.25, -0.2) is 0 Å². The van der Waals surface area contributed by atoms with Crippen LogP contribution in [-0.2, 0) is 16.0 Å². The van der Waals surface area contributed by atoms with Gasteiger partial charge in [0.15, 0.2) is 0 Å². The van der Waals surface area contributed by atoms with Gasteiger partial charge in [0.25, 0.3) is 0 Å². The lowest BCUT2D eigenvalue weighted by atomic mass is 10.1. The summed E-state index contributed by atoms with van der Waals surface area (Å²) >= 11 is 0. The quantitative estimate of drug-likeness (QED) is 0.795. The average Bonchev–Trinajstić information content (AvgIpc) is 2.37. The van der Waals surface area contributed by atoms with Crippen LogP contribution in [0.1, 0.15) is 32.8 Å². The van der Waals surface area contributed by atoms with Crippen LogP contribution in [0.2, 0.25) is 0 Å². The fourth-order valence-electron chi connectivity index (χ4n) is 1.93. The minimum Gasteiger partial charge on any atom is -0.491 e. The molecular formula is C16H25NO3. The van der Waals surface area contributed by atoms with Crippen molar-refractivity contribution in [3.63, 3.8) is 0 Å². The predicted molar refractivity (Wildman–Crippen MR) is 80.0 cm³/mol. The summed E-state index contributed by atoms with van der Waals surface area (Å²) < 4.78 is 10.7. The van der Waals surface area contributed by atoms with Crippen LogP contribution in [0.5, 0.6) is 5.75 Å². The lowest BCUT2D eigenvalue weighted by molar-refractivity contribution is -0.121. The number of carbonyl (C=O) groups is 1. The van der Waals surface area contributed by atoms with Crippen LogP contribution in [0.15, 0.2) is 24.3 Å². The Balaban J connectivity index is 2.56. The van der Waals surface area contributed by atoms with E-state index in [4.69, 9.17) is 9.47 Å². The average molecular weight is 279 g/mol. The third-order valence-corrected chi connectivity index (χ3v) is 2.86. The molecule has 1 amide bonds.